The Kier molecular flexibility index (Phi) is 6.86. The van der Waals surface area contributed by atoms with E-state index in [4.69, 9.17) is 4.74 Å². The van der Waals surface area contributed by atoms with Crippen molar-refractivity contribution in [1.82, 2.24) is 9.62 Å². The molecule has 7 nitrogen and oxygen atoms in total. The van der Waals surface area contributed by atoms with Crippen molar-refractivity contribution in [2.75, 3.05) is 38.2 Å². The first-order valence-corrected chi connectivity index (χ1v) is 11.1. The van der Waals surface area contributed by atoms with Crippen molar-refractivity contribution in [1.29, 1.82) is 0 Å². The van der Waals surface area contributed by atoms with Crippen LogP contribution in [0.15, 0.2) is 23.1 Å². The number of sulfonamides is 1. The van der Waals surface area contributed by atoms with Gasteiger partial charge < -0.3 is 15.4 Å². The van der Waals surface area contributed by atoms with Crippen molar-refractivity contribution in [3.05, 3.63) is 23.8 Å². The highest BCUT2D eigenvalue weighted by Gasteiger charge is 2.27. The molecule has 1 aromatic carbocycles. The SMILES string of the molecule is Cc1ccc(NC(=O)CC2COCCN2)cc1S(=O)(=O)N1CCCCCC1. The van der Waals surface area contributed by atoms with E-state index in [-0.39, 0.29) is 16.8 Å². The fourth-order valence-electron chi connectivity index (χ4n) is 3.56. The Balaban J connectivity index is 1.72. The molecular weight excluding hydrogens is 366 g/mol. The Morgan fingerprint density at radius 2 is 2.00 bits per heavy atom. The van der Waals surface area contributed by atoms with Gasteiger partial charge in [0.05, 0.1) is 18.1 Å². The van der Waals surface area contributed by atoms with Gasteiger partial charge in [-0.25, -0.2) is 8.42 Å². The molecule has 0 saturated carbocycles. The fourth-order valence-corrected chi connectivity index (χ4v) is 5.33. The molecule has 0 radical (unpaired) electrons. The van der Waals surface area contributed by atoms with E-state index in [1.165, 1.54) is 0 Å². The van der Waals surface area contributed by atoms with E-state index in [1.54, 1.807) is 29.4 Å². The molecule has 2 heterocycles. The van der Waals surface area contributed by atoms with Gasteiger partial charge >= 0.3 is 0 Å². The molecule has 0 spiro atoms. The second-order valence-electron chi connectivity index (χ2n) is 7.28. The Morgan fingerprint density at radius 3 is 2.67 bits per heavy atom. The van der Waals surface area contributed by atoms with Crippen LogP contribution in [-0.4, -0.2) is 57.5 Å². The number of nitrogens with zero attached hydrogens (tertiary/aromatic N) is 1. The summed E-state index contributed by atoms with van der Waals surface area (Å²) in [6.07, 6.45) is 4.22. The molecule has 1 unspecified atom stereocenters. The van der Waals surface area contributed by atoms with E-state index >= 15 is 0 Å². The minimum atomic E-state index is -3.55. The number of hydrogen-bond donors (Lipinski definition) is 2. The van der Waals surface area contributed by atoms with E-state index in [0.29, 0.717) is 44.0 Å². The lowest BCUT2D eigenvalue weighted by atomic mass is 10.2. The van der Waals surface area contributed by atoms with Crippen LogP contribution < -0.4 is 10.6 Å². The van der Waals surface area contributed by atoms with Crippen molar-refractivity contribution in [3.63, 3.8) is 0 Å². The summed E-state index contributed by atoms with van der Waals surface area (Å²) >= 11 is 0. The largest absolute Gasteiger partial charge is 0.378 e. The van der Waals surface area contributed by atoms with Crippen LogP contribution in [0.1, 0.15) is 37.7 Å². The summed E-state index contributed by atoms with van der Waals surface area (Å²) in [4.78, 5) is 12.6. The first-order valence-electron chi connectivity index (χ1n) is 9.68. The van der Waals surface area contributed by atoms with Gasteiger partial charge in [0.2, 0.25) is 15.9 Å². The Morgan fingerprint density at radius 1 is 1.26 bits per heavy atom. The molecule has 0 bridgehead atoms. The molecule has 0 aromatic heterocycles. The number of ether oxygens (including phenoxy) is 1. The second kappa shape index (κ2) is 9.14. The molecule has 8 heteroatoms. The fraction of sp³-hybridized carbons (Fsp3) is 0.632. The number of hydrogen-bond acceptors (Lipinski definition) is 5. The van der Waals surface area contributed by atoms with Crippen molar-refractivity contribution < 1.29 is 17.9 Å². The Bertz CT molecular complexity index is 752. The zero-order valence-electron chi connectivity index (χ0n) is 15.9. The maximum Gasteiger partial charge on any atom is 0.243 e. The number of aryl methyl sites for hydroxylation is 1. The molecule has 2 fully saturated rings. The average molecular weight is 396 g/mol. The van der Waals surface area contributed by atoms with E-state index in [2.05, 4.69) is 10.6 Å². The highest BCUT2D eigenvalue weighted by molar-refractivity contribution is 7.89. The van der Waals surface area contributed by atoms with Crippen molar-refractivity contribution in [2.45, 2.75) is 50.0 Å². The van der Waals surface area contributed by atoms with Gasteiger partial charge in [-0.05, 0) is 37.5 Å². The summed E-state index contributed by atoms with van der Waals surface area (Å²) in [6, 6.07) is 5.07. The lowest BCUT2D eigenvalue weighted by molar-refractivity contribution is -0.117. The highest BCUT2D eigenvalue weighted by atomic mass is 32.2. The van der Waals surface area contributed by atoms with Gasteiger partial charge in [0.1, 0.15) is 0 Å². The lowest BCUT2D eigenvalue weighted by Gasteiger charge is -2.23. The minimum Gasteiger partial charge on any atom is -0.378 e. The van der Waals surface area contributed by atoms with E-state index in [9.17, 15) is 13.2 Å². The number of nitrogens with one attached hydrogen (secondary N) is 2. The number of rotatable bonds is 5. The van der Waals surface area contributed by atoms with Crippen molar-refractivity contribution in [3.8, 4) is 0 Å². The standard InChI is InChI=1S/C19H29N3O4S/c1-15-6-7-16(21-19(23)13-17-14-26-11-8-20-17)12-18(15)27(24,25)22-9-4-2-3-5-10-22/h6-7,12,17,20H,2-5,8-11,13-14H2,1H3,(H,21,23). The summed E-state index contributed by atoms with van der Waals surface area (Å²) in [5.74, 6) is -0.153. The van der Waals surface area contributed by atoms with Gasteiger partial charge in [0, 0.05) is 37.8 Å². The number of benzene rings is 1. The van der Waals surface area contributed by atoms with Crippen LogP contribution in [0.25, 0.3) is 0 Å². The summed E-state index contributed by atoms with van der Waals surface area (Å²) in [5.41, 5.74) is 1.20. The minimum absolute atomic E-state index is 0.00972. The van der Waals surface area contributed by atoms with Gasteiger partial charge in [-0.2, -0.15) is 4.31 Å². The average Bonchev–Trinajstić information content (AvgIpc) is 2.94. The van der Waals surface area contributed by atoms with Crippen LogP contribution in [0.2, 0.25) is 0 Å². The molecule has 3 rings (SSSR count). The zero-order valence-corrected chi connectivity index (χ0v) is 16.7. The van der Waals surface area contributed by atoms with Crippen LogP contribution in [0.5, 0.6) is 0 Å². The van der Waals surface area contributed by atoms with Crippen LogP contribution in [0.3, 0.4) is 0 Å². The zero-order chi connectivity index (χ0) is 19.3. The third kappa shape index (κ3) is 5.28. The van der Waals surface area contributed by atoms with Gasteiger partial charge in [-0.15, -0.1) is 0 Å². The lowest BCUT2D eigenvalue weighted by Crippen LogP contribution is -2.43. The molecule has 1 aromatic rings. The highest BCUT2D eigenvalue weighted by Crippen LogP contribution is 2.26. The number of amides is 1. The molecule has 2 N–H and O–H groups in total. The van der Waals surface area contributed by atoms with Crippen LogP contribution in [0.4, 0.5) is 5.69 Å². The number of carbonyl (C=O) groups is 1. The van der Waals surface area contributed by atoms with E-state index < -0.39 is 10.0 Å². The number of carbonyl (C=O) groups excluding carboxylic acids is 1. The molecular formula is C19H29N3O4S. The van der Waals surface area contributed by atoms with Gasteiger partial charge in [0.15, 0.2) is 0 Å². The molecule has 27 heavy (non-hydrogen) atoms. The maximum atomic E-state index is 13.1. The Labute approximate surface area is 161 Å². The first kappa shape index (κ1) is 20.3. The predicted octanol–water partition coefficient (Wildman–Crippen LogP) is 1.88. The molecule has 1 atom stereocenters. The molecule has 0 aliphatic carbocycles. The third-order valence-corrected chi connectivity index (χ3v) is 7.13. The van der Waals surface area contributed by atoms with Crippen LogP contribution in [-0.2, 0) is 19.6 Å². The van der Waals surface area contributed by atoms with E-state index in [1.807, 2.05) is 0 Å². The number of anilines is 1. The summed E-state index contributed by atoms with van der Waals surface area (Å²) < 4.78 is 33.1. The number of morpholine rings is 1. The summed E-state index contributed by atoms with van der Waals surface area (Å²) in [6.45, 7) is 4.82. The molecule has 150 valence electrons. The first-order chi connectivity index (χ1) is 13.0. The van der Waals surface area contributed by atoms with Crippen LogP contribution in [0, 0.1) is 6.92 Å². The second-order valence-corrected chi connectivity index (χ2v) is 9.18. The van der Waals surface area contributed by atoms with Crippen molar-refractivity contribution >= 4 is 21.6 Å². The van der Waals surface area contributed by atoms with Gasteiger partial charge in [0.25, 0.3) is 0 Å². The van der Waals surface area contributed by atoms with E-state index in [0.717, 1.165) is 32.2 Å². The Hall–Kier alpha value is -1.48. The van der Waals surface area contributed by atoms with Gasteiger partial charge in [-0.3, -0.25) is 4.79 Å². The summed E-state index contributed by atoms with van der Waals surface area (Å²) in [5, 5.41) is 6.07. The topological polar surface area (TPSA) is 87.7 Å². The maximum absolute atomic E-state index is 13.1. The summed E-state index contributed by atoms with van der Waals surface area (Å²) in [7, 11) is -3.55. The van der Waals surface area contributed by atoms with Crippen molar-refractivity contribution in [2.24, 2.45) is 0 Å². The molecule has 1 amide bonds. The molecule has 2 saturated heterocycles. The van der Waals surface area contributed by atoms with Crippen LogP contribution >= 0.6 is 0 Å². The smallest absolute Gasteiger partial charge is 0.243 e. The van der Waals surface area contributed by atoms with Gasteiger partial charge in [-0.1, -0.05) is 18.9 Å². The predicted molar refractivity (Wildman–Crippen MR) is 104 cm³/mol. The third-order valence-electron chi connectivity index (χ3n) is 5.09. The normalized spacial score (nSPS) is 22.2. The molecule has 2 aliphatic heterocycles. The molecule has 2 aliphatic rings. The monoisotopic (exact) mass is 395 g/mol. The quantitative estimate of drug-likeness (QED) is 0.795.